The average molecular weight is 560 g/mol. The molecule has 0 saturated heterocycles. The van der Waals surface area contributed by atoms with E-state index in [0.29, 0.717) is 22.2 Å². The van der Waals surface area contributed by atoms with Crippen LogP contribution in [0.25, 0.3) is 16.7 Å². The number of Topliss-reactive ketones (excluding diaryl/α,β-unsaturated/α-hetero) is 1. The van der Waals surface area contributed by atoms with E-state index >= 15 is 0 Å². The largest absolute Gasteiger partial charge is 0.495 e. The van der Waals surface area contributed by atoms with Gasteiger partial charge in [0.25, 0.3) is 11.5 Å². The molecule has 0 radical (unpaired) electrons. The highest BCUT2D eigenvalue weighted by atomic mass is 16.5. The van der Waals surface area contributed by atoms with Gasteiger partial charge in [-0.1, -0.05) is 75.7 Å². The highest BCUT2D eigenvalue weighted by Gasteiger charge is 2.26. The molecular weight excluding hydrogens is 514 g/mol. The summed E-state index contributed by atoms with van der Waals surface area (Å²) in [6.07, 6.45) is 4.83. The minimum absolute atomic E-state index is 0.00726. The second-order valence-electron chi connectivity index (χ2n) is 11.3. The van der Waals surface area contributed by atoms with Crippen LogP contribution < -0.4 is 16.6 Å². The molecule has 41 heavy (non-hydrogen) atoms. The second-order valence-corrected chi connectivity index (χ2v) is 11.3. The lowest BCUT2D eigenvalue weighted by atomic mass is 9.91. The van der Waals surface area contributed by atoms with Crippen molar-refractivity contribution >= 4 is 28.4 Å². The highest BCUT2D eigenvalue weighted by Crippen LogP contribution is 2.27. The standard InChI is InChI=1S/C29H33N3O4.C5H12/c1-18-23-14-7-8-15-24(23)32(17-25(33)20-10-5-4-6-11-20)29(35)26(18)27(36-3)19(2)28(34)31-22-13-9-12-21(30)16-22;1-4-5(2)3/h4-8,10-11,14-15,21-22H,9,12-13,16-17,30H2,1-3H3,(H,31,34);5H,4H2,1-3H3/b27-19-;. The number of nitrogens with zero attached hydrogens (tertiary/aromatic N) is 1. The molecule has 3 N–H and O–H groups in total. The Hall–Kier alpha value is -3.71. The Morgan fingerprint density at radius 2 is 1.71 bits per heavy atom. The predicted octanol–water partition coefficient (Wildman–Crippen LogP) is 6.01. The van der Waals surface area contributed by atoms with Crippen LogP contribution in [0.4, 0.5) is 0 Å². The van der Waals surface area contributed by atoms with Crippen molar-refractivity contribution in [1.82, 2.24) is 9.88 Å². The lowest BCUT2D eigenvalue weighted by molar-refractivity contribution is -0.118. The molecule has 1 saturated carbocycles. The van der Waals surface area contributed by atoms with Gasteiger partial charge in [-0.25, -0.2) is 0 Å². The first-order valence-electron chi connectivity index (χ1n) is 14.6. The maximum atomic E-state index is 13.9. The number of nitrogens with one attached hydrogen (secondary N) is 1. The number of amides is 1. The van der Waals surface area contributed by atoms with Crippen LogP contribution in [0.3, 0.4) is 0 Å². The quantitative estimate of drug-likeness (QED) is 0.200. The summed E-state index contributed by atoms with van der Waals surface area (Å²) in [5.74, 6) is 0.630. The van der Waals surface area contributed by atoms with Crippen molar-refractivity contribution in [1.29, 1.82) is 0 Å². The van der Waals surface area contributed by atoms with Crippen LogP contribution in [0, 0.1) is 12.8 Å². The topological polar surface area (TPSA) is 103 Å². The van der Waals surface area contributed by atoms with Crippen molar-refractivity contribution in [3.8, 4) is 0 Å². The van der Waals surface area contributed by atoms with Crippen molar-refractivity contribution < 1.29 is 14.3 Å². The number of hydrogen-bond acceptors (Lipinski definition) is 5. The molecule has 0 spiro atoms. The minimum Gasteiger partial charge on any atom is -0.495 e. The molecule has 1 fully saturated rings. The lowest BCUT2D eigenvalue weighted by Gasteiger charge is -2.27. The number of rotatable bonds is 8. The van der Waals surface area contributed by atoms with Gasteiger partial charge in [-0.05, 0) is 57.1 Å². The first kappa shape index (κ1) is 31.8. The molecule has 0 bridgehead atoms. The van der Waals surface area contributed by atoms with Gasteiger partial charge in [-0.2, -0.15) is 0 Å². The summed E-state index contributed by atoms with van der Waals surface area (Å²) in [5, 5.41) is 3.87. The molecule has 1 aliphatic carbocycles. The average Bonchev–Trinajstić information content (AvgIpc) is 2.97. The SMILES string of the molecule is CCC(C)C.CO/C(=C(/C)C(=O)NC1CCCC(N)C1)c1c(C)c2ccccc2n(CC(=O)c2ccccc2)c1=O. The molecular formula is C34H45N3O4. The number of aromatic nitrogens is 1. The Balaban J connectivity index is 0.000000850. The molecule has 4 rings (SSSR count). The summed E-state index contributed by atoms with van der Waals surface area (Å²) >= 11 is 0. The summed E-state index contributed by atoms with van der Waals surface area (Å²) in [6, 6.07) is 16.4. The number of aryl methyl sites for hydroxylation is 1. The number of nitrogens with two attached hydrogens (primary N) is 1. The van der Waals surface area contributed by atoms with Crippen LogP contribution in [0.2, 0.25) is 0 Å². The first-order valence-corrected chi connectivity index (χ1v) is 14.6. The normalized spacial score (nSPS) is 17.4. The van der Waals surface area contributed by atoms with Crippen molar-refractivity contribution in [2.75, 3.05) is 7.11 Å². The van der Waals surface area contributed by atoms with Crippen molar-refractivity contribution in [2.24, 2.45) is 11.7 Å². The number of hydrogen-bond donors (Lipinski definition) is 2. The van der Waals surface area contributed by atoms with Crippen molar-refractivity contribution in [3.63, 3.8) is 0 Å². The van der Waals surface area contributed by atoms with Crippen LogP contribution >= 0.6 is 0 Å². The molecule has 3 aromatic rings. The van der Waals surface area contributed by atoms with E-state index in [-0.39, 0.29) is 47.2 Å². The number of pyridine rings is 1. The van der Waals surface area contributed by atoms with E-state index in [0.717, 1.165) is 37.0 Å². The van der Waals surface area contributed by atoms with Crippen LogP contribution in [0.5, 0.6) is 0 Å². The molecule has 220 valence electrons. The molecule has 7 nitrogen and oxygen atoms in total. The van der Waals surface area contributed by atoms with Crippen LogP contribution in [-0.2, 0) is 16.1 Å². The number of ketones is 1. The summed E-state index contributed by atoms with van der Waals surface area (Å²) in [4.78, 5) is 40.1. The number of fused-ring (bicyclic) bond motifs is 1. The zero-order valence-electron chi connectivity index (χ0n) is 25.3. The van der Waals surface area contributed by atoms with Crippen LogP contribution in [0.15, 0.2) is 65.0 Å². The Morgan fingerprint density at radius 3 is 2.32 bits per heavy atom. The van der Waals surface area contributed by atoms with Gasteiger partial charge in [0.2, 0.25) is 0 Å². The van der Waals surface area contributed by atoms with Gasteiger partial charge < -0.3 is 15.8 Å². The number of carbonyl (C=O) groups is 2. The molecule has 2 unspecified atom stereocenters. The number of ether oxygens (including phenoxy) is 1. The van der Waals surface area contributed by atoms with Crippen LogP contribution in [0.1, 0.15) is 81.3 Å². The third kappa shape index (κ3) is 7.94. The number of para-hydroxylation sites is 1. The molecule has 1 aromatic heterocycles. The van der Waals surface area contributed by atoms with Gasteiger partial charge in [-0.15, -0.1) is 0 Å². The maximum absolute atomic E-state index is 13.9. The third-order valence-electron chi connectivity index (χ3n) is 7.81. The van der Waals surface area contributed by atoms with Crippen molar-refractivity contribution in [2.45, 2.75) is 85.4 Å². The van der Waals surface area contributed by atoms with Gasteiger partial charge in [0.05, 0.1) is 30.3 Å². The molecule has 1 heterocycles. The Bertz CT molecular complexity index is 1440. The lowest BCUT2D eigenvalue weighted by Crippen LogP contribution is -2.42. The fourth-order valence-electron chi connectivity index (χ4n) is 5.05. The summed E-state index contributed by atoms with van der Waals surface area (Å²) in [5.41, 5.74) is 8.18. The van der Waals surface area contributed by atoms with Crippen molar-refractivity contribution in [3.05, 3.63) is 87.2 Å². The van der Waals surface area contributed by atoms with Gasteiger partial charge in [0, 0.05) is 23.0 Å². The molecule has 7 heteroatoms. The number of methoxy groups -OCH3 is 1. The Labute approximate surface area is 243 Å². The van der Waals surface area contributed by atoms with E-state index in [1.807, 2.05) is 37.3 Å². The second kappa shape index (κ2) is 14.8. The molecule has 1 aliphatic rings. The molecule has 0 aliphatic heterocycles. The van der Waals surface area contributed by atoms with E-state index in [1.54, 1.807) is 31.2 Å². The van der Waals surface area contributed by atoms with E-state index in [9.17, 15) is 14.4 Å². The fourth-order valence-corrected chi connectivity index (χ4v) is 5.05. The number of carbonyl (C=O) groups excluding carboxylic acids is 2. The van der Waals surface area contributed by atoms with E-state index in [1.165, 1.54) is 18.1 Å². The monoisotopic (exact) mass is 559 g/mol. The summed E-state index contributed by atoms with van der Waals surface area (Å²) < 4.78 is 7.15. The van der Waals surface area contributed by atoms with Gasteiger partial charge >= 0.3 is 0 Å². The molecule has 2 aromatic carbocycles. The van der Waals surface area contributed by atoms with Gasteiger partial charge in [-0.3, -0.25) is 19.0 Å². The Kier molecular flexibility index (Phi) is 11.5. The van der Waals surface area contributed by atoms with E-state index < -0.39 is 0 Å². The number of benzene rings is 2. The van der Waals surface area contributed by atoms with E-state index in [4.69, 9.17) is 10.5 Å². The van der Waals surface area contributed by atoms with Gasteiger partial charge in [0.15, 0.2) is 5.78 Å². The zero-order chi connectivity index (χ0) is 30.1. The van der Waals surface area contributed by atoms with E-state index in [2.05, 4.69) is 26.1 Å². The fraction of sp³-hybridized carbons (Fsp3) is 0.441. The molecule has 2 atom stereocenters. The Morgan fingerprint density at radius 1 is 1.07 bits per heavy atom. The summed E-state index contributed by atoms with van der Waals surface area (Å²) in [6.45, 7) is 10.0. The first-order chi connectivity index (χ1) is 19.6. The minimum atomic E-state index is -0.376. The smallest absolute Gasteiger partial charge is 0.262 e. The summed E-state index contributed by atoms with van der Waals surface area (Å²) in [7, 11) is 1.45. The predicted molar refractivity (Wildman–Crippen MR) is 167 cm³/mol. The highest BCUT2D eigenvalue weighted by molar-refractivity contribution is 6.01. The van der Waals surface area contributed by atoms with Gasteiger partial charge in [0.1, 0.15) is 5.76 Å². The third-order valence-corrected chi connectivity index (χ3v) is 7.81. The maximum Gasteiger partial charge on any atom is 0.262 e. The molecule has 1 amide bonds. The van der Waals surface area contributed by atoms with Crippen LogP contribution in [-0.4, -0.2) is 35.5 Å². The zero-order valence-corrected chi connectivity index (χ0v) is 25.3.